The van der Waals surface area contributed by atoms with Crippen LogP contribution < -0.4 is 16.0 Å². The van der Waals surface area contributed by atoms with Crippen molar-refractivity contribution in [3.8, 4) is 10.6 Å². The fourth-order valence-corrected chi connectivity index (χ4v) is 6.06. The standard InChI is InChI=1S/C32H26N4O3S3/c1-21-7-5-8-22(17-21)18-26(34-30(38)23-9-3-2-4-10-23)31(39)33-24-12-14-25(15-13-24)41-20-29(37)36-32-35-27(19-42-32)28-11-6-16-40-28/h2-19H,20H2,1H3,(H,33,39)(H,34,38)(H,35,36,37)/b26-18-. The first-order valence-electron chi connectivity index (χ1n) is 12.9. The van der Waals surface area contributed by atoms with Crippen molar-refractivity contribution in [1.29, 1.82) is 0 Å². The van der Waals surface area contributed by atoms with Crippen LogP contribution >= 0.6 is 34.4 Å². The topological polar surface area (TPSA) is 100 Å². The second-order valence-electron chi connectivity index (χ2n) is 9.12. The lowest BCUT2D eigenvalue weighted by molar-refractivity contribution is -0.114. The van der Waals surface area contributed by atoms with E-state index in [1.165, 1.54) is 23.1 Å². The van der Waals surface area contributed by atoms with Gasteiger partial charge in [-0.25, -0.2) is 4.98 Å². The largest absolute Gasteiger partial charge is 0.321 e. The van der Waals surface area contributed by atoms with Gasteiger partial charge in [0.2, 0.25) is 5.91 Å². The molecule has 0 saturated heterocycles. The molecule has 0 spiro atoms. The van der Waals surface area contributed by atoms with E-state index in [1.54, 1.807) is 53.8 Å². The first-order chi connectivity index (χ1) is 20.4. The molecule has 0 aliphatic rings. The Labute approximate surface area is 255 Å². The number of carbonyl (C=O) groups excluding carboxylic acids is 3. The minimum absolute atomic E-state index is 0.119. The number of nitrogens with zero attached hydrogens (tertiary/aromatic N) is 1. The summed E-state index contributed by atoms with van der Waals surface area (Å²) in [5, 5.41) is 12.9. The van der Waals surface area contributed by atoms with Crippen LogP contribution in [0.3, 0.4) is 0 Å². The number of thioether (sulfide) groups is 1. The normalized spacial score (nSPS) is 11.1. The smallest absolute Gasteiger partial charge is 0.272 e. The number of rotatable bonds is 10. The van der Waals surface area contributed by atoms with E-state index < -0.39 is 5.91 Å². The number of benzene rings is 3. The predicted octanol–water partition coefficient (Wildman–Crippen LogP) is 7.32. The molecule has 0 radical (unpaired) electrons. The molecular formula is C32H26N4O3S3. The summed E-state index contributed by atoms with van der Waals surface area (Å²) in [6.07, 6.45) is 1.65. The summed E-state index contributed by atoms with van der Waals surface area (Å²) in [6.45, 7) is 1.96. The lowest BCUT2D eigenvalue weighted by Crippen LogP contribution is -2.30. The fraction of sp³-hybridized carbons (Fsp3) is 0.0625. The van der Waals surface area contributed by atoms with Gasteiger partial charge in [-0.3, -0.25) is 14.4 Å². The molecule has 2 aromatic heterocycles. The summed E-state index contributed by atoms with van der Waals surface area (Å²) in [5.74, 6) is -0.764. The Balaban J connectivity index is 1.19. The minimum Gasteiger partial charge on any atom is -0.321 e. The molecule has 42 heavy (non-hydrogen) atoms. The van der Waals surface area contributed by atoms with Gasteiger partial charge in [0.25, 0.3) is 11.8 Å². The highest BCUT2D eigenvalue weighted by Crippen LogP contribution is 2.28. The van der Waals surface area contributed by atoms with Gasteiger partial charge in [0.1, 0.15) is 5.70 Å². The number of nitrogens with one attached hydrogen (secondary N) is 3. The molecule has 5 aromatic rings. The van der Waals surface area contributed by atoms with Crippen molar-refractivity contribution in [3.05, 3.63) is 124 Å². The van der Waals surface area contributed by atoms with Crippen LogP contribution in [-0.2, 0) is 9.59 Å². The minimum atomic E-state index is -0.453. The molecule has 3 amide bonds. The number of amides is 3. The number of aromatic nitrogens is 1. The second kappa shape index (κ2) is 13.9. The van der Waals surface area contributed by atoms with Gasteiger partial charge in [-0.1, -0.05) is 54.1 Å². The van der Waals surface area contributed by atoms with Crippen molar-refractivity contribution < 1.29 is 14.4 Å². The van der Waals surface area contributed by atoms with Crippen molar-refractivity contribution in [2.45, 2.75) is 11.8 Å². The van der Waals surface area contributed by atoms with Crippen LogP contribution in [0.4, 0.5) is 10.8 Å². The maximum Gasteiger partial charge on any atom is 0.272 e. The molecule has 7 nitrogen and oxygen atoms in total. The lowest BCUT2D eigenvalue weighted by Gasteiger charge is -2.12. The van der Waals surface area contributed by atoms with Gasteiger partial charge in [-0.2, -0.15) is 0 Å². The average Bonchev–Trinajstić information content (AvgIpc) is 3.70. The maximum absolute atomic E-state index is 13.3. The summed E-state index contributed by atoms with van der Waals surface area (Å²) >= 11 is 4.38. The van der Waals surface area contributed by atoms with E-state index >= 15 is 0 Å². The monoisotopic (exact) mass is 610 g/mol. The van der Waals surface area contributed by atoms with Crippen LogP contribution in [0.2, 0.25) is 0 Å². The molecule has 210 valence electrons. The molecule has 2 heterocycles. The number of carbonyl (C=O) groups is 3. The Morgan fingerprint density at radius 2 is 1.69 bits per heavy atom. The molecule has 0 unspecified atom stereocenters. The summed E-state index contributed by atoms with van der Waals surface area (Å²) in [5.41, 5.74) is 3.81. The molecule has 0 fully saturated rings. The molecule has 10 heteroatoms. The molecule has 0 aliphatic heterocycles. The van der Waals surface area contributed by atoms with Crippen molar-refractivity contribution in [2.24, 2.45) is 0 Å². The first-order valence-corrected chi connectivity index (χ1v) is 15.7. The van der Waals surface area contributed by atoms with Crippen LogP contribution in [0.1, 0.15) is 21.5 Å². The highest BCUT2D eigenvalue weighted by molar-refractivity contribution is 8.00. The molecule has 0 saturated carbocycles. The van der Waals surface area contributed by atoms with E-state index in [0.717, 1.165) is 26.6 Å². The summed E-state index contributed by atoms with van der Waals surface area (Å²) in [6, 6.07) is 27.5. The second-order valence-corrected chi connectivity index (χ2v) is 12.0. The van der Waals surface area contributed by atoms with Crippen LogP contribution in [0.15, 0.2) is 112 Å². The summed E-state index contributed by atoms with van der Waals surface area (Å²) in [4.78, 5) is 45.0. The van der Waals surface area contributed by atoms with E-state index in [9.17, 15) is 14.4 Å². The predicted molar refractivity (Wildman–Crippen MR) is 173 cm³/mol. The van der Waals surface area contributed by atoms with Crippen LogP contribution in [0.25, 0.3) is 16.6 Å². The number of thiazole rings is 1. The van der Waals surface area contributed by atoms with Crippen molar-refractivity contribution in [1.82, 2.24) is 10.3 Å². The number of aryl methyl sites for hydroxylation is 1. The van der Waals surface area contributed by atoms with Crippen molar-refractivity contribution >= 4 is 69.1 Å². The molecule has 5 rings (SSSR count). The first kappa shape index (κ1) is 29.0. The highest BCUT2D eigenvalue weighted by Gasteiger charge is 2.15. The number of hydrogen-bond donors (Lipinski definition) is 3. The molecule has 0 aliphatic carbocycles. The van der Waals surface area contributed by atoms with Gasteiger partial charge in [0.05, 0.1) is 16.3 Å². The van der Waals surface area contributed by atoms with Crippen molar-refractivity contribution in [3.63, 3.8) is 0 Å². The average molecular weight is 611 g/mol. The highest BCUT2D eigenvalue weighted by atomic mass is 32.2. The number of thiophene rings is 1. The fourth-order valence-electron chi connectivity index (χ4n) is 3.87. The Morgan fingerprint density at radius 3 is 2.43 bits per heavy atom. The Kier molecular flexibility index (Phi) is 9.60. The van der Waals surface area contributed by atoms with Crippen LogP contribution in [0.5, 0.6) is 0 Å². The van der Waals surface area contributed by atoms with Crippen LogP contribution in [-0.4, -0.2) is 28.5 Å². The third-order valence-corrected chi connectivity index (χ3v) is 8.55. The third-order valence-electron chi connectivity index (χ3n) is 5.89. The van der Waals surface area contributed by atoms with Gasteiger partial charge in [0.15, 0.2) is 5.13 Å². The Hall–Kier alpha value is -4.51. The van der Waals surface area contributed by atoms with Crippen LogP contribution in [0, 0.1) is 6.92 Å². The van der Waals surface area contributed by atoms with E-state index in [-0.39, 0.29) is 23.3 Å². The summed E-state index contributed by atoms with van der Waals surface area (Å²) < 4.78 is 0. The van der Waals surface area contributed by atoms with Gasteiger partial charge in [-0.15, -0.1) is 34.4 Å². The molecule has 0 atom stereocenters. The summed E-state index contributed by atoms with van der Waals surface area (Å²) in [7, 11) is 0. The van der Waals surface area contributed by atoms with Gasteiger partial charge < -0.3 is 16.0 Å². The lowest BCUT2D eigenvalue weighted by atomic mass is 10.1. The maximum atomic E-state index is 13.3. The molecule has 3 aromatic carbocycles. The van der Waals surface area contributed by atoms with E-state index in [2.05, 4.69) is 20.9 Å². The Bertz CT molecular complexity index is 1710. The quantitative estimate of drug-likeness (QED) is 0.114. The van der Waals surface area contributed by atoms with E-state index in [4.69, 9.17) is 0 Å². The Morgan fingerprint density at radius 1 is 0.881 bits per heavy atom. The number of anilines is 2. The zero-order valence-electron chi connectivity index (χ0n) is 22.5. The van der Waals surface area contributed by atoms with Gasteiger partial charge in [-0.05, 0) is 66.4 Å². The van der Waals surface area contributed by atoms with Gasteiger partial charge >= 0.3 is 0 Å². The SMILES string of the molecule is Cc1cccc(/C=C(\NC(=O)c2ccccc2)C(=O)Nc2ccc(SCC(=O)Nc3nc(-c4cccs4)cs3)cc2)c1. The number of hydrogen-bond acceptors (Lipinski definition) is 7. The van der Waals surface area contributed by atoms with E-state index in [1.807, 2.05) is 72.3 Å². The molecular weight excluding hydrogens is 585 g/mol. The molecule has 0 bridgehead atoms. The third kappa shape index (κ3) is 8.03. The zero-order valence-corrected chi connectivity index (χ0v) is 24.9. The van der Waals surface area contributed by atoms with Gasteiger partial charge in [0, 0.05) is 21.5 Å². The molecule has 3 N–H and O–H groups in total. The zero-order chi connectivity index (χ0) is 29.3. The van der Waals surface area contributed by atoms with Crippen molar-refractivity contribution in [2.75, 3.05) is 16.4 Å². The van der Waals surface area contributed by atoms with E-state index in [0.29, 0.717) is 16.4 Å².